The molecular weight excluding hydrogens is 336 g/mol. The lowest BCUT2D eigenvalue weighted by Gasteiger charge is -2.43. The van der Waals surface area contributed by atoms with Crippen molar-refractivity contribution in [2.45, 2.75) is 64.4 Å². The molecule has 26 heavy (non-hydrogen) atoms. The summed E-state index contributed by atoms with van der Waals surface area (Å²) in [5.41, 5.74) is -1.92. The molecule has 1 aliphatic heterocycles. The summed E-state index contributed by atoms with van der Waals surface area (Å²) in [5.74, 6) is -0.639. The molecule has 2 N–H and O–H groups in total. The fraction of sp³-hybridized carbons (Fsp3) is 0.800. The van der Waals surface area contributed by atoms with Crippen molar-refractivity contribution in [3.63, 3.8) is 0 Å². The lowest BCUT2D eigenvalue weighted by atomic mass is 9.63. The van der Waals surface area contributed by atoms with E-state index in [-0.39, 0.29) is 17.1 Å². The van der Waals surface area contributed by atoms with Gasteiger partial charge in [-0.25, -0.2) is 4.79 Å². The van der Waals surface area contributed by atoms with Gasteiger partial charge in [0.1, 0.15) is 6.10 Å². The van der Waals surface area contributed by atoms with Crippen LogP contribution < -0.4 is 0 Å². The Bertz CT molecular complexity index is 755. The lowest BCUT2D eigenvalue weighted by molar-refractivity contribution is -0.155. The molecule has 4 aliphatic carbocycles. The number of ketones is 1. The summed E-state index contributed by atoms with van der Waals surface area (Å²) < 4.78 is 11.1. The summed E-state index contributed by atoms with van der Waals surface area (Å²) >= 11 is 0. The molecule has 1 heterocycles. The summed E-state index contributed by atoms with van der Waals surface area (Å²) in [5, 5.41) is 22.2. The second-order valence-corrected chi connectivity index (χ2v) is 9.68. The number of hydrogen-bond acceptors (Lipinski definition) is 6. The minimum Gasteiger partial charge on any atom is -0.426 e. The Morgan fingerprint density at radius 3 is 2.62 bits per heavy atom. The first-order valence-corrected chi connectivity index (χ1v) is 9.59. The largest absolute Gasteiger partial charge is 0.509 e. The summed E-state index contributed by atoms with van der Waals surface area (Å²) in [6, 6.07) is 0. The van der Waals surface area contributed by atoms with Crippen molar-refractivity contribution in [3.8, 4) is 0 Å². The fourth-order valence-electron chi connectivity index (χ4n) is 7.05. The highest BCUT2D eigenvalue weighted by Crippen LogP contribution is 2.72. The van der Waals surface area contributed by atoms with Crippen molar-refractivity contribution in [1.82, 2.24) is 0 Å². The van der Waals surface area contributed by atoms with Gasteiger partial charge in [0.05, 0.1) is 11.5 Å². The fourth-order valence-corrected chi connectivity index (χ4v) is 7.05. The van der Waals surface area contributed by atoms with Gasteiger partial charge in [-0.15, -0.1) is 0 Å². The van der Waals surface area contributed by atoms with Gasteiger partial charge in [0, 0.05) is 11.8 Å². The van der Waals surface area contributed by atoms with E-state index in [1.54, 1.807) is 13.8 Å². The van der Waals surface area contributed by atoms with Crippen molar-refractivity contribution < 1.29 is 29.3 Å². The molecule has 2 spiro atoms. The maximum absolute atomic E-state index is 13.9. The molecule has 5 rings (SSSR count). The average molecular weight is 362 g/mol. The van der Waals surface area contributed by atoms with Gasteiger partial charge in [-0.2, -0.15) is 0 Å². The van der Waals surface area contributed by atoms with Crippen LogP contribution in [0.2, 0.25) is 0 Å². The first-order valence-electron chi connectivity index (χ1n) is 9.59. The summed E-state index contributed by atoms with van der Waals surface area (Å²) in [4.78, 5) is 26.0. The highest BCUT2D eigenvalue weighted by Gasteiger charge is 2.80. The highest BCUT2D eigenvalue weighted by molar-refractivity contribution is 5.94. The van der Waals surface area contributed by atoms with E-state index < -0.39 is 47.3 Å². The van der Waals surface area contributed by atoms with Crippen LogP contribution in [0.4, 0.5) is 4.79 Å². The molecule has 5 aliphatic rings. The van der Waals surface area contributed by atoms with Crippen LogP contribution in [0, 0.1) is 34.5 Å². The summed E-state index contributed by atoms with van der Waals surface area (Å²) in [6.45, 7) is 7.88. The van der Waals surface area contributed by atoms with Crippen LogP contribution in [0.15, 0.2) is 11.6 Å². The number of aliphatic hydroxyl groups excluding tert-OH is 2. The second-order valence-electron chi connectivity index (χ2n) is 9.68. The van der Waals surface area contributed by atoms with Crippen LogP contribution in [-0.2, 0) is 14.3 Å². The van der Waals surface area contributed by atoms with Gasteiger partial charge in [0.2, 0.25) is 0 Å². The predicted octanol–water partition coefficient (Wildman–Crippen LogP) is 1.83. The van der Waals surface area contributed by atoms with Crippen LogP contribution in [0.3, 0.4) is 0 Å². The van der Waals surface area contributed by atoms with Crippen molar-refractivity contribution in [3.05, 3.63) is 11.6 Å². The summed E-state index contributed by atoms with van der Waals surface area (Å²) in [7, 11) is 0. The molecule has 3 saturated carbocycles. The van der Waals surface area contributed by atoms with Crippen LogP contribution in [0.25, 0.3) is 0 Å². The number of carbonyl (C=O) groups is 2. The Morgan fingerprint density at radius 2 is 1.92 bits per heavy atom. The van der Waals surface area contributed by atoms with E-state index in [9.17, 15) is 19.8 Å². The van der Waals surface area contributed by atoms with E-state index in [2.05, 4.69) is 13.8 Å². The minimum atomic E-state index is -1.46. The topological polar surface area (TPSA) is 93.1 Å². The third-order valence-electron chi connectivity index (χ3n) is 8.41. The van der Waals surface area contributed by atoms with Crippen LogP contribution >= 0.6 is 0 Å². The number of fused-ring (bicyclic) bond motifs is 3. The number of hydrogen-bond donors (Lipinski definition) is 2. The number of rotatable bonds is 0. The normalized spacial score (nSPS) is 56.2. The van der Waals surface area contributed by atoms with Gasteiger partial charge in [-0.3, -0.25) is 4.79 Å². The SMILES string of the molecule is CC1=C[C@]23CC[C@@H]4[C@H]([C@@H](C2=O)[C@H](O)[C@H](C)[C@H]2OC(=O)O[C@]23[C@H]1O)C4(C)C. The first kappa shape index (κ1) is 16.8. The first-order chi connectivity index (χ1) is 12.1. The van der Waals surface area contributed by atoms with E-state index in [1.807, 2.05) is 6.08 Å². The molecule has 142 valence electrons. The van der Waals surface area contributed by atoms with Gasteiger partial charge < -0.3 is 19.7 Å². The standard InChI is InChI=1S/C20H26O6/c1-8-7-19-6-5-10-12(18(10,3)4)11(15(19)23)13(21)9(2)16-20(19,14(8)22)26-17(24)25-16/h7,9-14,16,21-22H,5-6H2,1-4H3/t9-,10+,11+,12+,13+,14-,16+,19+,20+/m0/s1. The smallest absolute Gasteiger partial charge is 0.426 e. The van der Waals surface area contributed by atoms with Crippen LogP contribution in [0.5, 0.6) is 0 Å². The minimum absolute atomic E-state index is 0.0166. The molecule has 0 radical (unpaired) electrons. The van der Waals surface area contributed by atoms with E-state index in [4.69, 9.17) is 9.47 Å². The maximum Gasteiger partial charge on any atom is 0.509 e. The zero-order chi connectivity index (χ0) is 18.8. The third kappa shape index (κ3) is 1.51. The van der Waals surface area contributed by atoms with E-state index in [0.717, 1.165) is 6.42 Å². The number of aliphatic hydroxyl groups is 2. The Morgan fingerprint density at radius 1 is 1.23 bits per heavy atom. The van der Waals surface area contributed by atoms with Gasteiger partial charge in [0.15, 0.2) is 17.5 Å². The van der Waals surface area contributed by atoms with Crippen molar-refractivity contribution >= 4 is 11.9 Å². The Hall–Kier alpha value is -1.40. The lowest BCUT2D eigenvalue weighted by Crippen LogP contribution is -2.62. The molecule has 6 heteroatoms. The highest BCUT2D eigenvalue weighted by atomic mass is 16.8. The molecular formula is C20H26O6. The Labute approximate surface area is 152 Å². The maximum atomic E-state index is 13.9. The molecule has 0 unspecified atom stereocenters. The Kier molecular flexibility index (Phi) is 2.92. The van der Waals surface area contributed by atoms with E-state index in [1.165, 1.54) is 0 Å². The monoisotopic (exact) mass is 362 g/mol. The zero-order valence-corrected chi connectivity index (χ0v) is 15.6. The molecule has 0 aromatic heterocycles. The summed E-state index contributed by atoms with van der Waals surface area (Å²) in [6.07, 6.45) is -0.604. The quantitative estimate of drug-likeness (QED) is 0.504. The Balaban J connectivity index is 1.76. The van der Waals surface area contributed by atoms with Gasteiger partial charge in [0.25, 0.3) is 0 Å². The van der Waals surface area contributed by atoms with Crippen LogP contribution in [0.1, 0.15) is 40.5 Å². The molecule has 2 bridgehead atoms. The third-order valence-corrected chi connectivity index (χ3v) is 8.41. The average Bonchev–Trinajstić information content (AvgIpc) is 2.88. The number of carbonyl (C=O) groups excluding carboxylic acids is 2. The van der Waals surface area contributed by atoms with Gasteiger partial charge >= 0.3 is 6.16 Å². The van der Waals surface area contributed by atoms with Crippen molar-refractivity contribution in [1.29, 1.82) is 0 Å². The molecule has 0 aromatic carbocycles. The molecule has 1 saturated heterocycles. The van der Waals surface area contributed by atoms with E-state index in [0.29, 0.717) is 17.9 Å². The van der Waals surface area contributed by atoms with Crippen molar-refractivity contribution in [2.24, 2.45) is 34.5 Å². The number of ether oxygens (including phenoxy) is 2. The second kappa shape index (κ2) is 4.53. The van der Waals surface area contributed by atoms with Gasteiger partial charge in [-0.05, 0) is 42.6 Å². The molecule has 6 nitrogen and oxygen atoms in total. The molecule has 0 aromatic rings. The van der Waals surface area contributed by atoms with Gasteiger partial charge in [-0.1, -0.05) is 26.8 Å². The number of Topliss-reactive ketones (excluding diaryl/α,β-unsaturated/α-hetero) is 1. The molecule has 4 fully saturated rings. The molecule has 9 atom stereocenters. The van der Waals surface area contributed by atoms with E-state index >= 15 is 0 Å². The molecule has 0 amide bonds. The zero-order valence-electron chi connectivity index (χ0n) is 15.6. The predicted molar refractivity (Wildman–Crippen MR) is 89.9 cm³/mol. The van der Waals surface area contributed by atoms with Crippen molar-refractivity contribution in [2.75, 3.05) is 0 Å². The van der Waals surface area contributed by atoms with Crippen LogP contribution in [-0.4, -0.2) is 46.1 Å².